The van der Waals surface area contributed by atoms with Crippen molar-refractivity contribution in [2.24, 2.45) is 5.92 Å². The van der Waals surface area contributed by atoms with Crippen molar-refractivity contribution < 1.29 is 18.0 Å². The molecular formula is C25H28N2O4S. The lowest BCUT2D eigenvalue weighted by atomic mass is 9.84. The van der Waals surface area contributed by atoms with Gasteiger partial charge in [-0.25, -0.2) is 8.42 Å². The molecule has 2 aromatic rings. The average molecular weight is 453 g/mol. The third-order valence-electron chi connectivity index (χ3n) is 6.95. The number of hydrogen-bond donors (Lipinski definition) is 0. The summed E-state index contributed by atoms with van der Waals surface area (Å²) in [6.45, 7) is 4.00. The fraction of sp³-hybridized carbons (Fsp3) is 0.440. The highest BCUT2D eigenvalue weighted by molar-refractivity contribution is 7.92. The molecule has 1 atom stereocenters. The van der Waals surface area contributed by atoms with Gasteiger partial charge in [-0.15, -0.1) is 0 Å². The third kappa shape index (κ3) is 3.52. The first-order valence-electron chi connectivity index (χ1n) is 11.4. The molecule has 0 radical (unpaired) electrons. The molecule has 0 spiro atoms. The van der Waals surface area contributed by atoms with Gasteiger partial charge in [-0.3, -0.25) is 9.59 Å². The zero-order valence-corrected chi connectivity index (χ0v) is 19.3. The van der Waals surface area contributed by atoms with E-state index in [1.807, 2.05) is 42.2 Å². The van der Waals surface area contributed by atoms with E-state index in [1.54, 1.807) is 24.0 Å². The highest BCUT2D eigenvalue weighted by Crippen LogP contribution is 2.41. The molecule has 0 bridgehead atoms. The molecule has 5 rings (SSSR count). The summed E-state index contributed by atoms with van der Waals surface area (Å²) in [7, 11) is -3.23. The first-order chi connectivity index (χ1) is 15.3. The van der Waals surface area contributed by atoms with Gasteiger partial charge in [0.1, 0.15) is 0 Å². The summed E-state index contributed by atoms with van der Waals surface area (Å²) in [5.74, 6) is 0.155. The number of carbonyl (C=O) groups is 2. The normalized spacial score (nSPS) is 21.1. The van der Waals surface area contributed by atoms with E-state index in [0.29, 0.717) is 11.4 Å². The van der Waals surface area contributed by atoms with Gasteiger partial charge in [0.25, 0.3) is 0 Å². The Balaban J connectivity index is 1.53. The fourth-order valence-corrected chi connectivity index (χ4v) is 6.43. The molecule has 2 fully saturated rings. The molecule has 168 valence electrons. The van der Waals surface area contributed by atoms with Crippen LogP contribution in [0.5, 0.6) is 0 Å². The first kappa shape index (κ1) is 21.2. The molecule has 7 heteroatoms. The van der Waals surface area contributed by atoms with Crippen molar-refractivity contribution in [2.75, 3.05) is 16.3 Å². The molecule has 6 nitrogen and oxygen atoms in total. The maximum Gasteiger partial charge on any atom is 0.230 e. The van der Waals surface area contributed by atoms with Crippen LogP contribution in [0.1, 0.15) is 46.0 Å². The molecule has 2 amide bonds. The second-order valence-electron chi connectivity index (χ2n) is 9.29. The number of hydrogen-bond acceptors (Lipinski definition) is 4. The van der Waals surface area contributed by atoms with E-state index >= 15 is 0 Å². The van der Waals surface area contributed by atoms with Gasteiger partial charge in [0, 0.05) is 19.4 Å². The third-order valence-corrected chi connectivity index (χ3v) is 9.23. The molecule has 2 aromatic carbocycles. The summed E-state index contributed by atoms with van der Waals surface area (Å²) in [4.78, 5) is 29.5. The molecule has 2 saturated carbocycles. The lowest BCUT2D eigenvalue weighted by Crippen LogP contribution is -2.53. The Morgan fingerprint density at radius 2 is 1.56 bits per heavy atom. The molecule has 3 aliphatic rings. The van der Waals surface area contributed by atoms with Crippen LogP contribution in [0.2, 0.25) is 0 Å². The SMILES string of the molecule is CC(=O)N1c2ccc(-c3ccc(S(=O)(=O)C4CC4)cc3)cc2N(C(=O)C2CCC2)C[C@@H]1C. The van der Waals surface area contributed by atoms with Crippen molar-refractivity contribution >= 4 is 33.0 Å². The van der Waals surface area contributed by atoms with Crippen LogP contribution in [0.4, 0.5) is 11.4 Å². The maximum atomic E-state index is 13.2. The summed E-state index contributed by atoms with van der Waals surface area (Å²) in [5.41, 5.74) is 3.28. The van der Waals surface area contributed by atoms with Crippen LogP contribution in [0.15, 0.2) is 47.4 Å². The zero-order valence-electron chi connectivity index (χ0n) is 18.5. The van der Waals surface area contributed by atoms with Gasteiger partial charge in [-0.1, -0.05) is 24.6 Å². The van der Waals surface area contributed by atoms with Gasteiger partial charge in [-0.2, -0.15) is 0 Å². The van der Waals surface area contributed by atoms with Crippen LogP contribution in [-0.2, 0) is 19.4 Å². The van der Waals surface area contributed by atoms with Gasteiger partial charge >= 0.3 is 0 Å². The molecule has 0 aromatic heterocycles. The van der Waals surface area contributed by atoms with Gasteiger partial charge in [-0.05, 0) is 68.0 Å². The fourth-order valence-electron chi connectivity index (χ4n) is 4.78. The summed E-state index contributed by atoms with van der Waals surface area (Å²) >= 11 is 0. The van der Waals surface area contributed by atoms with Crippen LogP contribution < -0.4 is 9.80 Å². The Labute approximate surface area is 189 Å². The van der Waals surface area contributed by atoms with E-state index in [0.717, 1.165) is 54.6 Å². The number of carbonyl (C=O) groups excluding carboxylic acids is 2. The zero-order chi connectivity index (χ0) is 22.6. The number of sulfone groups is 1. The van der Waals surface area contributed by atoms with E-state index in [1.165, 1.54) is 0 Å². The Hall–Kier alpha value is -2.67. The number of rotatable bonds is 4. The topological polar surface area (TPSA) is 74.8 Å². The van der Waals surface area contributed by atoms with Gasteiger partial charge in [0.05, 0.1) is 27.6 Å². The quantitative estimate of drug-likeness (QED) is 0.698. The van der Waals surface area contributed by atoms with Crippen LogP contribution in [0.25, 0.3) is 11.1 Å². The molecule has 0 saturated heterocycles. The van der Waals surface area contributed by atoms with Crippen LogP contribution >= 0.6 is 0 Å². The standard InChI is InChI=1S/C25H28N2O4S/c1-16-15-26(25(29)19-4-3-5-19)24-14-20(8-13-23(24)27(16)17(2)28)18-6-9-21(10-7-18)32(30,31)22-11-12-22/h6-10,13-14,16,19,22H,3-5,11-12,15H2,1-2H3/t16-/m0/s1. The Morgan fingerprint density at radius 3 is 2.12 bits per heavy atom. The first-order valence-corrected chi connectivity index (χ1v) is 12.9. The van der Waals surface area contributed by atoms with Crippen molar-refractivity contribution in [2.45, 2.75) is 62.1 Å². The molecule has 32 heavy (non-hydrogen) atoms. The minimum atomic E-state index is -3.23. The van der Waals surface area contributed by atoms with Crippen LogP contribution in [-0.4, -0.2) is 38.1 Å². The summed E-state index contributed by atoms with van der Waals surface area (Å²) in [6.07, 6.45) is 4.41. The Kier molecular flexibility index (Phi) is 5.12. The predicted molar refractivity (Wildman–Crippen MR) is 124 cm³/mol. The Bertz CT molecular complexity index is 1180. The second kappa shape index (κ2) is 7.73. The smallest absolute Gasteiger partial charge is 0.230 e. The number of fused-ring (bicyclic) bond motifs is 1. The van der Waals surface area contributed by atoms with Crippen molar-refractivity contribution in [3.63, 3.8) is 0 Å². The van der Waals surface area contributed by atoms with E-state index < -0.39 is 9.84 Å². The van der Waals surface area contributed by atoms with Gasteiger partial charge < -0.3 is 9.80 Å². The molecule has 1 heterocycles. The number of amides is 2. The molecule has 0 unspecified atom stereocenters. The van der Waals surface area contributed by atoms with E-state index in [4.69, 9.17) is 0 Å². The van der Waals surface area contributed by atoms with Crippen molar-refractivity contribution in [3.8, 4) is 11.1 Å². The van der Waals surface area contributed by atoms with E-state index in [2.05, 4.69) is 0 Å². The van der Waals surface area contributed by atoms with Crippen LogP contribution in [0, 0.1) is 5.92 Å². The van der Waals surface area contributed by atoms with Crippen molar-refractivity contribution in [1.82, 2.24) is 0 Å². The van der Waals surface area contributed by atoms with Gasteiger partial charge in [0.2, 0.25) is 11.8 Å². The summed E-state index contributed by atoms with van der Waals surface area (Å²) < 4.78 is 25.0. The minimum Gasteiger partial charge on any atom is -0.308 e. The van der Waals surface area contributed by atoms with Gasteiger partial charge in [0.15, 0.2) is 9.84 Å². The predicted octanol–water partition coefficient (Wildman–Crippen LogP) is 4.18. The highest BCUT2D eigenvalue weighted by atomic mass is 32.2. The molecular weight excluding hydrogens is 424 g/mol. The van der Waals surface area contributed by atoms with E-state index in [-0.39, 0.29) is 29.0 Å². The molecule has 1 aliphatic heterocycles. The van der Waals surface area contributed by atoms with Crippen molar-refractivity contribution in [1.29, 1.82) is 0 Å². The Morgan fingerprint density at radius 1 is 0.906 bits per heavy atom. The minimum absolute atomic E-state index is 0.0446. The molecule has 0 N–H and O–H groups in total. The lowest BCUT2D eigenvalue weighted by molar-refractivity contribution is -0.125. The molecule has 2 aliphatic carbocycles. The number of nitrogens with zero attached hydrogens (tertiary/aromatic N) is 2. The monoisotopic (exact) mass is 452 g/mol. The van der Waals surface area contributed by atoms with E-state index in [9.17, 15) is 18.0 Å². The number of benzene rings is 2. The average Bonchev–Trinajstić information content (AvgIpc) is 3.57. The number of anilines is 2. The largest absolute Gasteiger partial charge is 0.308 e. The summed E-state index contributed by atoms with van der Waals surface area (Å²) in [5, 5.41) is -0.234. The second-order valence-corrected chi connectivity index (χ2v) is 11.5. The highest BCUT2D eigenvalue weighted by Gasteiger charge is 2.38. The van der Waals surface area contributed by atoms with Crippen LogP contribution in [0.3, 0.4) is 0 Å². The maximum absolute atomic E-state index is 13.2. The summed E-state index contributed by atoms with van der Waals surface area (Å²) in [6, 6.07) is 12.7. The van der Waals surface area contributed by atoms with Crippen molar-refractivity contribution in [3.05, 3.63) is 42.5 Å². The lowest BCUT2D eigenvalue weighted by Gasteiger charge is -2.43.